The van der Waals surface area contributed by atoms with E-state index in [9.17, 15) is 9.59 Å². The number of hydrogen-bond acceptors (Lipinski definition) is 4. The second kappa shape index (κ2) is 9.83. The number of benzene rings is 1. The van der Waals surface area contributed by atoms with Crippen LogP contribution in [0.5, 0.6) is 11.5 Å². The van der Waals surface area contributed by atoms with Gasteiger partial charge in [0.25, 0.3) is 5.91 Å². The summed E-state index contributed by atoms with van der Waals surface area (Å²) in [5.41, 5.74) is -0.0825. The molecule has 1 rings (SSSR count). The lowest BCUT2D eigenvalue weighted by Crippen LogP contribution is -2.50. The molecule has 6 nitrogen and oxygen atoms in total. The zero-order valence-corrected chi connectivity index (χ0v) is 18.0. The van der Waals surface area contributed by atoms with Crippen LogP contribution in [0.2, 0.25) is 5.02 Å². The second-order valence-corrected chi connectivity index (χ2v) is 8.36. The highest BCUT2D eigenvalue weighted by atomic mass is 35.5. The zero-order valence-electron chi connectivity index (χ0n) is 17.2. The lowest BCUT2D eigenvalue weighted by molar-refractivity contribution is -0.124. The molecule has 1 unspecified atom stereocenters. The summed E-state index contributed by atoms with van der Waals surface area (Å²) in [5.74, 6) is 0.613. The summed E-state index contributed by atoms with van der Waals surface area (Å²) in [7, 11) is 1.49. The summed E-state index contributed by atoms with van der Waals surface area (Å²) < 4.78 is 11.0. The SMILES string of the molecule is COc1cc(C(=O)NC(C)C(=O)NC(C)(C)C)cc(Cl)c1OCCC(C)C. The summed E-state index contributed by atoms with van der Waals surface area (Å²) in [4.78, 5) is 24.7. The van der Waals surface area contributed by atoms with E-state index in [0.717, 1.165) is 6.42 Å². The quantitative estimate of drug-likeness (QED) is 0.698. The van der Waals surface area contributed by atoms with Crippen LogP contribution in [0.4, 0.5) is 0 Å². The van der Waals surface area contributed by atoms with Crippen molar-refractivity contribution in [1.29, 1.82) is 0 Å². The molecule has 0 fully saturated rings. The Kier molecular flexibility index (Phi) is 8.41. The third kappa shape index (κ3) is 7.67. The molecule has 1 atom stereocenters. The molecule has 2 N–H and O–H groups in total. The average molecular weight is 399 g/mol. The van der Waals surface area contributed by atoms with Crippen LogP contribution in [0.3, 0.4) is 0 Å². The van der Waals surface area contributed by atoms with Crippen LogP contribution in [0.1, 0.15) is 58.3 Å². The van der Waals surface area contributed by atoms with Crippen LogP contribution in [-0.2, 0) is 4.79 Å². The van der Waals surface area contributed by atoms with Crippen LogP contribution >= 0.6 is 11.6 Å². The van der Waals surface area contributed by atoms with Crippen LogP contribution in [0.15, 0.2) is 12.1 Å². The number of nitrogens with one attached hydrogen (secondary N) is 2. The van der Waals surface area contributed by atoms with E-state index >= 15 is 0 Å². The molecule has 1 aromatic rings. The summed E-state index contributed by atoms with van der Waals surface area (Å²) in [6.07, 6.45) is 0.877. The molecule has 0 radical (unpaired) electrons. The Bertz CT molecular complexity index is 669. The largest absolute Gasteiger partial charge is 0.493 e. The molecule has 2 amide bonds. The first-order chi connectivity index (χ1) is 12.4. The molecule has 0 saturated heterocycles. The fraction of sp³-hybridized carbons (Fsp3) is 0.600. The van der Waals surface area contributed by atoms with E-state index in [2.05, 4.69) is 24.5 Å². The second-order valence-electron chi connectivity index (χ2n) is 7.95. The Morgan fingerprint density at radius 2 is 1.81 bits per heavy atom. The van der Waals surface area contributed by atoms with Gasteiger partial charge < -0.3 is 20.1 Å². The monoisotopic (exact) mass is 398 g/mol. The lowest BCUT2D eigenvalue weighted by Gasteiger charge is -2.23. The Morgan fingerprint density at radius 3 is 2.33 bits per heavy atom. The van der Waals surface area contributed by atoms with Crippen molar-refractivity contribution in [3.05, 3.63) is 22.7 Å². The number of hydrogen-bond donors (Lipinski definition) is 2. The molecule has 0 aliphatic carbocycles. The topological polar surface area (TPSA) is 76.7 Å². The molecule has 7 heteroatoms. The Morgan fingerprint density at radius 1 is 1.19 bits per heavy atom. The van der Waals surface area contributed by atoms with Gasteiger partial charge in [-0.2, -0.15) is 0 Å². The molecule has 152 valence electrons. The highest BCUT2D eigenvalue weighted by Gasteiger charge is 2.22. The molecular formula is C20H31ClN2O4. The van der Waals surface area contributed by atoms with Gasteiger partial charge in [-0.1, -0.05) is 25.4 Å². The van der Waals surface area contributed by atoms with Crippen LogP contribution in [0.25, 0.3) is 0 Å². The van der Waals surface area contributed by atoms with E-state index in [1.54, 1.807) is 13.0 Å². The number of rotatable bonds is 8. The summed E-state index contributed by atoms with van der Waals surface area (Å²) in [5, 5.41) is 5.78. The van der Waals surface area contributed by atoms with Gasteiger partial charge in [0.15, 0.2) is 11.5 Å². The number of methoxy groups -OCH3 is 1. The maximum absolute atomic E-state index is 12.5. The fourth-order valence-electron chi connectivity index (χ4n) is 2.21. The normalized spacial score (nSPS) is 12.5. The van der Waals surface area contributed by atoms with Gasteiger partial charge in [-0.05, 0) is 52.2 Å². The first kappa shape index (κ1) is 23.1. The standard InChI is InChI=1S/C20H31ClN2O4/c1-12(2)8-9-27-17-15(21)10-14(11-16(17)26-7)19(25)22-13(3)18(24)23-20(4,5)6/h10-13H,8-9H2,1-7H3,(H,22,25)(H,23,24). The molecule has 0 saturated carbocycles. The van der Waals surface area contributed by atoms with Gasteiger partial charge in [-0.25, -0.2) is 0 Å². The van der Waals surface area contributed by atoms with E-state index < -0.39 is 11.9 Å². The highest BCUT2D eigenvalue weighted by molar-refractivity contribution is 6.32. The average Bonchev–Trinajstić information content (AvgIpc) is 2.53. The maximum Gasteiger partial charge on any atom is 0.252 e. The zero-order chi connectivity index (χ0) is 20.8. The van der Waals surface area contributed by atoms with Crippen LogP contribution < -0.4 is 20.1 Å². The predicted octanol–water partition coefficient (Wildman–Crippen LogP) is 3.81. The Labute approximate surface area is 166 Å². The Balaban J connectivity index is 2.89. The number of amides is 2. The van der Waals surface area contributed by atoms with Crippen molar-refractivity contribution in [2.75, 3.05) is 13.7 Å². The number of halogens is 1. The van der Waals surface area contributed by atoms with Crippen molar-refractivity contribution in [2.45, 2.75) is 59.5 Å². The minimum atomic E-state index is -0.691. The van der Waals surface area contributed by atoms with Crippen molar-refractivity contribution < 1.29 is 19.1 Å². The van der Waals surface area contributed by atoms with E-state index in [1.807, 2.05) is 20.8 Å². The van der Waals surface area contributed by atoms with Gasteiger partial charge in [0.05, 0.1) is 18.7 Å². The third-order valence-electron chi connectivity index (χ3n) is 3.67. The number of carbonyl (C=O) groups is 2. The first-order valence-electron chi connectivity index (χ1n) is 9.07. The molecule has 27 heavy (non-hydrogen) atoms. The highest BCUT2D eigenvalue weighted by Crippen LogP contribution is 2.36. The van der Waals surface area contributed by atoms with Crippen molar-refractivity contribution in [3.63, 3.8) is 0 Å². The molecule has 0 aliphatic rings. The van der Waals surface area contributed by atoms with E-state index in [-0.39, 0.29) is 16.5 Å². The molecule has 0 heterocycles. The van der Waals surface area contributed by atoms with Crippen molar-refractivity contribution in [1.82, 2.24) is 10.6 Å². The van der Waals surface area contributed by atoms with E-state index in [4.69, 9.17) is 21.1 Å². The minimum absolute atomic E-state index is 0.262. The van der Waals surface area contributed by atoms with Crippen LogP contribution in [-0.4, -0.2) is 37.1 Å². The predicted molar refractivity (Wildman–Crippen MR) is 108 cm³/mol. The Hall–Kier alpha value is -1.95. The third-order valence-corrected chi connectivity index (χ3v) is 3.95. The molecule has 0 spiro atoms. The lowest BCUT2D eigenvalue weighted by atomic mass is 10.1. The minimum Gasteiger partial charge on any atom is -0.493 e. The van der Waals surface area contributed by atoms with Crippen LogP contribution in [0, 0.1) is 5.92 Å². The molecule has 0 aliphatic heterocycles. The molecule has 0 aromatic heterocycles. The van der Waals surface area contributed by atoms with Crippen molar-refractivity contribution in [3.8, 4) is 11.5 Å². The smallest absolute Gasteiger partial charge is 0.252 e. The van der Waals surface area contributed by atoms with Crippen molar-refractivity contribution in [2.24, 2.45) is 5.92 Å². The number of carbonyl (C=O) groups excluding carboxylic acids is 2. The first-order valence-corrected chi connectivity index (χ1v) is 9.45. The molecule has 0 bridgehead atoms. The van der Waals surface area contributed by atoms with Gasteiger partial charge in [-0.15, -0.1) is 0 Å². The van der Waals surface area contributed by atoms with Gasteiger partial charge in [0, 0.05) is 11.1 Å². The fourth-order valence-corrected chi connectivity index (χ4v) is 2.48. The van der Waals surface area contributed by atoms with Gasteiger partial charge in [0.2, 0.25) is 5.91 Å². The summed E-state index contributed by atoms with van der Waals surface area (Å²) in [6.45, 7) is 12.0. The summed E-state index contributed by atoms with van der Waals surface area (Å²) in [6, 6.07) is 2.38. The van der Waals surface area contributed by atoms with Gasteiger partial charge in [0.1, 0.15) is 6.04 Å². The van der Waals surface area contributed by atoms with Crippen molar-refractivity contribution >= 4 is 23.4 Å². The number of ether oxygens (including phenoxy) is 2. The summed E-state index contributed by atoms with van der Waals surface area (Å²) >= 11 is 6.29. The van der Waals surface area contributed by atoms with E-state index in [1.165, 1.54) is 13.2 Å². The molecule has 1 aromatic carbocycles. The maximum atomic E-state index is 12.5. The van der Waals surface area contributed by atoms with Gasteiger partial charge >= 0.3 is 0 Å². The van der Waals surface area contributed by atoms with E-state index in [0.29, 0.717) is 29.6 Å². The van der Waals surface area contributed by atoms with Gasteiger partial charge in [-0.3, -0.25) is 9.59 Å². The molecular weight excluding hydrogens is 368 g/mol.